The number of amides is 1. The third-order valence-corrected chi connectivity index (χ3v) is 5.50. The number of hydrogen-bond donors (Lipinski definition) is 1. The molecule has 0 bridgehead atoms. The number of nitrogens with two attached hydrogens (primary N) is 1. The molecule has 0 radical (unpaired) electrons. The molecular weight excluding hydrogens is 387 g/mol. The topological polar surface area (TPSA) is 88.5 Å². The molecule has 2 aromatic rings. The van der Waals surface area contributed by atoms with E-state index in [0.717, 1.165) is 12.1 Å². The SMILES string of the molecule is C[C@H](c1nc(-c2cccc(C(F)(F)F)c2)no1)N1CCN(C(C)(C)C(N)=O)CC1. The molecule has 3 rings (SSSR count). The van der Waals surface area contributed by atoms with Crippen molar-refractivity contribution in [1.29, 1.82) is 0 Å². The fraction of sp³-hybridized carbons (Fsp3) is 0.526. The Morgan fingerprint density at radius 3 is 2.45 bits per heavy atom. The van der Waals surface area contributed by atoms with Crippen LogP contribution in [-0.4, -0.2) is 57.6 Å². The third-order valence-electron chi connectivity index (χ3n) is 5.50. The van der Waals surface area contributed by atoms with Gasteiger partial charge in [-0.2, -0.15) is 18.2 Å². The van der Waals surface area contributed by atoms with E-state index < -0.39 is 17.3 Å². The standard InChI is InChI=1S/C19H24F3N5O2/c1-12(26-7-9-27(10-8-26)18(2,3)17(23)28)16-24-15(25-29-16)13-5-4-6-14(11-13)19(20,21)22/h4-6,11-12H,7-10H2,1-3H3,(H2,23,28)/t12-/m1/s1. The van der Waals surface area contributed by atoms with Gasteiger partial charge in [0.15, 0.2) is 0 Å². The number of halogens is 3. The molecule has 2 N–H and O–H groups in total. The number of carbonyl (C=O) groups is 1. The zero-order valence-corrected chi connectivity index (χ0v) is 16.5. The van der Waals surface area contributed by atoms with Crippen LogP contribution in [0, 0.1) is 0 Å². The molecule has 1 aromatic heterocycles. The maximum Gasteiger partial charge on any atom is 0.416 e. The predicted molar refractivity (Wildman–Crippen MR) is 99.6 cm³/mol. The highest BCUT2D eigenvalue weighted by molar-refractivity contribution is 5.83. The minimum absolute atomic E-state index is 0.117. The van der Waals surface area contributed by atoms with Crippen LogP contribution in [0.4, 0.5) is 13.2 Å². The molecule has 1 saturated heterocycles. The molecule has 7 nitrogen and oxygen atoms in total. The van der Waals surface area contributed by atoms with Crippen molar-refractivity contribution < 1.29 is 22.5 Å². The first-order chi connectivity index (χ1) is 13.5. The largest absolute Gasteiger partial charge is 0.416 e. The fourth-order valence-electron chi connectivity index (χ4n) is 3.34. The Morgan fingerprint density at radius 2 is 1.86 bits per heavy atom. The molecule has 158 valence electrons. The molecule has 29 heavy (non-hydrogen) atoms. The van der Waals surface area contributed by atoms with Gasteiger partial charge in [-0.05, 0) is 32.9 Å². The molecular formula is C19H24F3N5O2. The number of alkyl halides is 3. The lowest BCUT2D eigenvalue weighted by molar-refractivity contribution is -0.137. The van der Waals surface area contributed by atoms with E-state index in [2.05, 4.69) is 15.0 Å². The molecule has 1 aliphatic rings. The lowest BCUT2D eigenvalue weighted by Gasteiger charge is -2.43. The lowest BCUT2D eigenvalue weighted by Crippen LogP contribution is -2.59. The first-order valence-corrected chi connectivity index (χ1v) is 9.30. The van der Waals surface area contributed by atoms with Gasteiger partial charge in [-0.25, -0.2) is 0 Å². The van der Waals surface area contributed by atoms with Crippen molar-refractivity contribution in [3.63, 3.8) is 0 Å². The third kappa shape index (κ3) is 4.43. The first kappa shape index (κ1) is 21.3. The number of primary amides is 1. The summed E-state index contributed by atoms with van der Waals surface area (Å²) < 4.78 is 44.1. The normalized spacial score (nSPS) is 18.0. The van der Waals surface area contributed by atoms with Crippen LogP contribution in [0.15, 0.2) is 28.8 Å². The molecule has 1 aliphatic heterocycles. The van der Waals surface area contributed by atoms with Gasteiger partial charge in [0.05, 0.1) is 17.1 Å². The van der Waals surface area contributed by atoms with Crippen molar-refractivity contribution in [3.8, 4) is 11.4 Å². The van der Waals surface area contributed by atoms with Crippen molar-refractivity contribution in [2.75, 3.05) is 26.2 Å². The molecule has 2 heterocycles. The maximum absolute atomic E-state index is 12.9. The minimum Gasteiger partial charge on any atom is -0.368 e. The summed E-state index contributed by atoms with van der Waals surface area (Å²) in [6, 6.07) is 4.63. The summed E-state index contributed by atoms with van der Waals surface area (Å²) in [7, 11) is 0. The summed E-state index contributed by atoms with van der Waals surface area (Å²) in [6.07, 6.45) is -4.44. The monoisotopic (exact) mass is 411 g/mol. The highest BCUT2D eigenvalue weighted by Gasteiger charge is 2.36. The van der Waals surface area contributed by atoms with Gasteiger partial charge in [0, 0.05) is 31.7 Å². The van der Waals surface area contributed by atoms with Crippen molar-refractivity contribution in [1.82, 2.24) is 19.9 Å². The quantitative estimate of drug-likeness (QED) is 0.814. The Labute approximate surface area is 166 Å². The van der Waals surface area contributed by atoms with Gasteiger partial charge >= 0.3 is 6.18 Å². The number of nitrogens with zero attached hydrogens (tertiary/aromatic N) is 4. The minimum atomic E-state index is -4.44. The average Bonchev–Trinajstić information content (AvgIpc) is 3.17. The van der Waals surface area contributed by atoms with Crippen LogP contribution >= 0.6 is 0 Å². The fourth-order valence-corrected chi connectivity index (χ4v) is 3.34. The second kappa shape index (κ2) is 7.75. The Bertz CT molecular complexity index is 873. The van der Waals surface area contributed by atoms with Crippen molar-refractivity contribution in [2.45, 2.75) is 38.5 Å². The van der Waals surface area contributed by atoms with E-state index >= 15 is 0 Å². The molecule has 0 aliphatic carbocycles. The van der Waals surface area contributed by atoms with Crippen LogP contribution in [0.5, 0.6) is 0 Å². The highest BCUT2D eigenvalue weighted by Crippen LogP contribution is 2.32. The molecule has 10 heteroatoms. The molecule has 1 atom stereocenters. The van der Waals surface area contributed by atoms with Crippen LogP contribution in [0.1, 0.15) is 38.3 Å². The van der Waals surface area contributed by atoms with E-state index in [0.29, 0.717) is 32.1 Å². The summed E-state index contributed by atoms with van der Waals surface area (Å²) in [5, 5.41) is 3.85. The number of aromatic nitrogens is 2. The summed E-state index contributed by atoms with van der Waals surface area (Å²) >= 11 is 0. The smallest absolute Gasteiger partial charge is 0.368 e. The van der Waals surface area contributed by atoms with Crippen LogP contribution in [0.25, 0.3) is 11.4 Å². The molecule has 0 unspecified atom stereocenters. The zero-order valence-electron chi connectivity index (χ0n) is 16.5. The number of rotatable bonds is 5. The van der Waals surface area contributed by atoms with E-state index in [4.69, 9.17) is 10.3 Å². The van der Waals surface area contributed by atoms with Gasteiger partial charge in [0.1, 0.15) is 0 Å². The van der Waals surface area contributed by atoms with E-state index in [1.807, 2.05) is 11.8 Å². The van der Waals surface area contributed by atoms with Crippen molar-refractivity contribution >= 4 is 5.91 Å². The van der Waals surface area contributed by atoms with E-state index in [9.17, 15) is 18.0 Å². The average molecular weight is 411 g/mol. The molecule has 1 amide bonds. The van der Waals surface area contributed by atoms with Crippen LogP contribution in [0.3, 0.4) is 0 Å². The van der Waals surface area contributed by atoms with E-state index in [1.54, 1.807) is 13.8 Å². The second-order valence-corrected chi connectivity index (χ2v) is 7.66. The Morgan fingerprint density at radius 1 is 1.21 bits per heavy atom. The van der Waals surface area contributed by atoms with Gasteiger partial charge in [0.25, 0.3) is 0 Å². The van der Waals surface area contributed by atoms with E-state index in [1.165, 1.54) is 12.1 Å². The van der Waals surface area contributed by atoms with Gasteiger partial charge in [0.2, 0.25) is 17.6 Å². The van der Waals surface area contributed by atoms with Gasteiger partial charge in [-0.15, -0.1) is 0 Å². The number of piperazine rings is 1. The number of hydrogen-bond acceptors (Lipinski definition) is 6. The summed E-state index contributed by atoms with van der Waals surface area (Å²) in [5.41, 5.74) is 4.24. The van der Waals surface area contributed by atoms with Gasteiger partial charge < -0.3 is 10.3 Å². The van der Waals surface area contributed by atoms with Crippen molar-refractivity contribution in [2.24, 2.45) is 5.73 Å². The molecule has 0 saturated carbocycles. The van der Waals surface area contributed by atoms with Crippen LogP contribution in [-0.2, 0) is 11.0 Å². The predicted octanol–water partition coefficient (Wildman–Crippen LogP) is 2.70. The summed E-state index contributed by atoms with van der Waals surface area (Å²) in [4.78, 5) is 20.1. The summed E-state index contributed by atoms with van der Waals surface area (Å²) in [5.74, 6) is 0.0769. The van der Waals surface area contributed by atoms with E-state index in [-0.39, 0.29) is 23.3 Å². The second-order valence-electron chi connectivity index (χ2n) is 7.66. The van der Waals surface area contributed by atoms with Crippen LogP contribution < -0.4 is 5.73 Å². The molecule has 0 spiro atoms. The molecule has 1 aromatic carbocycles. The number of carbonyl (C=O) groups excluding carboxylic acids is 1. The maximum atomic E-state index is 12.9. The lowest BCUT2D eigenvalue weighted by atomic mass is 10.0. The summed E-state index contributed by atoms with van der Waals surface area (Å²) in [6.45, 7) is 8.13. The highest BCUT2D eigenvalue weighted by atomic mass is 19.4. The zero-order chi connectivity index (χ0) is 21.4. The Hall–Kier alpha value is -2.46. The number of benzene rings is 1. The Kier molecular flexibility index (Phi) is 5.68. The molecule has 1 fully saturated rings. The van der Waals surface area contributed by atoms with Gasteiger partial charge in [-0.1, -0.05) is 17.3 Å². The Balaban J connectivity index is 1.69. The van der Waals surface area contributed by atoms with Crippen molar-refractivity contribution in [3.05, 3.63) is 35.7 Å². The van der Waals surface area contributed by atoms with Crippen LogP contribution in [0.2, 0.25) is 0 Å². The van der Waals surface area contributed by atoms with Gasteiger partial charge in [-0.3, -0.25) is 14.6 Å². The first-order valence-electron chi connectivity index (χ1n) is 9.30.